The van der Waals surface area contributed by atoms with Crippen LogP contribution in [0.4, 0.5) is 15.3 Å². The number of nitrogens with zero attached hydrogens (tertiary/aromatic N) is 1. The average Bonchev–Trinajstić information content (AvgIpc) is 3.68. The molecule has 1 aromatic heterocycles. The Bertz CT molecular complexity index is 1980. The van der Waals surface area contributed by atoms with E-state index < -0.39 is 34.0 Å². The molecule has 0 spiro atoms. The number of methoxy groups -OCH3 is 1. The van der Waals surface area contributed by atoms with E-state index in [9.17, 15) is 27.6 Å². The number of carboxylic acids is 1. The molecule has 1 heterocycles. The Morgan fingerprint density at radius 2 is 1.73 bits per heavy atom. The molecule has 1 fully saturated rings. The van der Waals surface area contributed by atoms with E-state index in [2.05, 4.69) is 15.4 Å². The predicted molar refractivity (Wildman–Crippen MR) is 177 cm³/mol. The van der Waals surface area contributed by atoms with Crippen LogP contribution in [0.3, 0.4) is 0 Å². The van der Waals surface area contributed by atoms with Crippen molar-refractivity contribution in [3.05, 3.63) is 89.1 Å². The largest absolute Gasteiger partial charge is 0.496 e. The number of amides is 3. The topological polar surface area (TPSA) is 182 Å². The van der Waals surface area contributed by atoms with Crippen LogP contribution in [0.25, 0.3) is 10.9 Å². The zero-order valence-corrected chi connectivity index (χ0v) is 27.3. The average molecular weight is 677 g/mol. The molecule has 0 unspecified atom stereocenters. The lowest BCUT2D eigenvalue weighted by molar-refractivity contribution is -0.136. The molecule has 5 rings (SSSR count). The summed E-state index contributed by atoms with van der Waals surface area (Å²) in [4.78, 5) is 49.9. The Labute approximate surface area is 277 Å². The third-order valence-corrected chi connectivity index (χ3v) is 9.54. The van der Waals surface area contributed by atoms with Crippen molar-refractivity contribution in [2.24, 2.45) is 0 Å². The first-order chi connectivity index (χ1) is 22.9. The van der Waals surface area contributed by atoms with Crippen molar-refractivity contribution in [2.45, 2.75) is 56.4 Å². The second-order valence-electron chi connectivity index (χ2n) is 11.5. The fourth-order valence-corrected chi connectivity index (χ4v) is 6.92. The molecular formula is C34H36N4O9S. The Kier molecular flexibility index (Phi) is 10.3. The zero-order chi connectivity index (χ0) is 34.4. The van der Waals surface area contributed by atoms with E-state index in [1.54, 1.807) is 55.5 Å². The van der Waals surface area contributed by atoms with Crippen LogP contribution in [0, 0.1) is 6.92 Å². The summed E-state index contributed by atoms with van der Waals surface area (Å²) in [5.41, 5.74) is 2.58. The Morgan fingerprint density at radius 1 is 0.979 bits per heavy atom. The van der Waals surface area contributed by atoms with Gasteiger partial charge in [-0.15, -0.1) is 0 Å². The Morgan fingerprint density at radius 3 is 2.44 bits per heavy atom. The minimum atomic E-state index is -4.14. The quantitative estimate of drug-likeness (QED) is 0.166. The minimum Gasteiger partial charge on any atom is -0.496 e. The first kappa shape index (κ1) is 34.0. The number of hydrogen-bond acceptors (Lipinski definition) is 8. The van der Waals surface area contributed by atoms with Crippen LogP contribution in [0.1, 0.15) is 59.3 Å². The highest BCUT2D eigenvalue weighted by Gasteiger charge is 2.23. The number of hydrogen-bond donors (Lipinski definition) is 4. The van der Waals surface area contributed by atoms with Crippen molar-refractivity contribution in [3.8, 4) is 5.75 Å². The highest BCUT2D eigenvalue weighted by Crippen LogP contribution is 2.29. The molecule has 1 aliphatic rings. The maximum absolute atomic E-state index is 13.4. The van der Waals surface area contributed by atoms with E-state index >= 15 is 0 Å². The molecule has 252 valence electrons. The number of nitrogens with one attached hydrogen (secondary N) is 3. The molecule has 48 heavy (non-hydrogen) atoms. The van der Waals surface area contributed by atoms with Gasteiger partial charge in [0.2, 0.25) is 0 Å². The van der Waals surface area contributed by atoms with Crippen LogP contribution in [-0.2, 0) is 26.0 Å². The van der Waals surface area contributed by atoms with E-state index in [0.29, 0.717) is 33.4 Å². The highest BCUT2D eigenvalue weighted by atomic mass is 32.2. The molecule has 1 aliphatic carbocycles. The van der Waals surface area contributed by atoms with E-state index in [4.69, 9.17) is 14.6 Å². The molecule has 0 bridgehead atoms. The van der Waals surface area contributed by atoms with Crippen LogP contribution in [-0.4, -0.2) is 61.9 Å². The first-order valence-electron chi connectivity index (χ1n) is 15.4. The van der Waals surface area contributed by atoms with E-state index in [0.717, 1.165) is 25.7 Å². The number of rotatable bonds is 11. The zero-order valence-electron chi connectivity index (χ0n) is 26.4. The number of benzene rings is 3. The molecule has 14 heteroatoms. The van der Waals surface area contributed by atoms with Gasteiger partial charge in [0.05, 0.1) is 23.9 Å². The molecule has 3 amide bonds. The Balaban J connectivity index is 1.41. The third kappa shape index (κ3) is 7.94. The number of ether oxygens (including phenoxy) is 2. The van der Waals surface area contributed by atoms with E-state index in [1.165, 1.54) is 29.9 Å². The molecule has 0 atom stereocenters. The van der Waals surface area contributed by atoms with Gasteiger partial charge in [-0.25, -0.2) is 22.7 Å². The lowest BCUT2D eigenvalue weighted by Crippen LogP contribution is -2.31. The summed E-state index contributed by atoms with van der Waals surface area (Å²) in [7, 11) is -2.73. The summed E-state index contributed by atoms with van der Waals surface area (Å²) in [5, 5.41) is 15.0. The fraction of sp³-hybridized carbons (Fsp3) is 0.294. The molecule has 3 aromatic carbocycles. The van der Waals surface area contributed by atoms with Crippen molar-refractivity contribution in [1.29, 1.82) is 0 Å². The van der Waals surface area contributed by atoms with Crippen molar-refractivity contribution in [1.82, 2.24) is 14.6 Å². The number of aliphatic carboxylic acids is 1. The number of carbonyl (C=O) groups is 4. The van der Waals surface area contributed by atoms with Gasteiger partial charge < -0.3 is 19.9 Å². The molecule has 4 N–H and O–H groups in total. The number of anilines is 1. The van der Waals surface area contributed by atoms with Crippen molar-refractivity contribution in [2.75, 3.05) is 19.0 Å². The number of aryl methyl sites for hydroxylation is 1. The van der Waals surface area contributed by atoms with Gasteiger partial charge in [-0.3, -0.25) is 19.5 Å². The summed E-state index contributed by atoms with van der Waals surface area (Å²) in [6.07, 6.45) is 2.90. The normalized spacial score (nSPS) is 13.2. The number of carboxylic acid groups (broad SMARTS) is 1. The van der Waals surface area contributed by atoms with E-state index in [-0.39, 0.29) is 41.7 Å². The summed E-state index contributed by atoms with van der Waals surface area (Å²) in [5.74, 6) is -1.63. The van der Waals surface area contributed by atoms with Gasteiger partial charge in [-0.05, 0) is 80.6 Å². The van der Waals surface area contributed by atoms with Gasteiger partial charge in [0.15, 0.2) is 0 Å². The van der Waals surface area contributed by atoms with Gasteiger partial charge >= 0.3 is 18.1 Å². The number of sulfonamides is 1. The van der Waals surface area contributed by atoms with Gasteiger partial charge in [0, 0.05) is 40.9 Å². The summed E-state index contributed by atoms with van der Waals surface area (Å²) in [6.45, 7) is 1.53. The fourth-order valence-electron chi connectivity index (χ4n) is 5.70. The molecule has 1 saturated carbocycles. The van der Waals surface area contributed by atoms with Crippen LogP contribution < -0.4 is 20.1 Å². The number of fused-ring (bicyclic) bond motifs is 1. The molecule has 0 saturated heterocycles. The third-order valence-electron chi connectivity index (χ3n) is 8.05. The van der Waals surface area contributed by atoms with Gasteiger partial charge in [0.25, 0.3) is 15.9 Å². The maximum atomic E-state index is 13.4. The second-order valence-corrected chi connectivity index (χ2v) is 13.1. The van der Waals surface area contributed by atoms with Crippen LogP contribution in [0.15, 0.2) is 71.6 Å². The van der Waals surface area contributed by atoms with Gasteiger partial charge in [-0.2, -0.15) is 0 Å². The smallest absolute Gasteiger partial charge is 0.411 e. The predicted octanol–water partition coefficient (Wildman–Crippen LogP) is 5.19. The molecule has 0 aliphatic heterocycles. The lowest BCUT2D eigenvalue weighted by Gasteiger charge is -2.14. The van der Waals surface area contributed by atoms with Crippen molar-refractivity contribution < 1.29 is 42.2 Å². The van der Waals surface area contributed by atoms with Crippen LogP contribution in [0.5, 0.6) is 5.75 Å². The second kappa shape index (κ2) is 14.6. The van der Waals surface area contributed by atoms with Gasteiger partial charge in [-0.1, -0.05) is 24.3 Å². The highest BCUT2D eigenvalue weighted by molar-refractivity contribution is 7.90. The molecule has 0 radical (unpaired) electrons. The SMILES string of the molecule is COc1cc(C(=O)NS(=O)(=O)c2ccccc2C)ccc1Cc1cc2cc(NC(=O)OC3CCCC3)ccc2n1C(=O)NCCC(=O)O. The maximum Gasteiger partial charge on any atom is 0.411 e. The first-order valence-corrected chi connectivity index (χ1v) is 16.8. The van der Waals surface area contributed by atoms with Crippen molar-refractivity contribution >= 4 is 50.6 Å². The van der Waals surface area contributed by atoms with E-state index in [1.807, 2.05) is 0 Å². The number of aromatic nitrogens is 1. The standard InChI is InChI=1S/C34H36N4O9S/c1-21-7-3-6-10-30(21)48(44,45)37-32(41)23-12-11-22(29(20-23)46-2)18-26-19-24-17-25(36-34(43)47-27-8-4-5-9-27)13-14-28(24)38(26)33(42)35-16-15-31(39)40/h3,6-7,10-14,17,19-20,27H,4-5,8-9,15-16,18H2,1-2H3,(H,35,42)(H,36,43)(H,37,41)(H,39,40). The molecular weight excluding hydrogens is 640 g/mol. The van der Waals surface area contributed by atoms with Crippen LogP contribution in [0.2, 0.25) is 0 Å². The Hall–Kier alpha value is -5.37. The monoisotopic (exact) mass is 676 g/mol. The molecule has 13 nitrogen and oxygen atoms in total. The summed E-state index contributed by atoms with van der Waals surface area (Å²) >= 11 is 0. The summed E-state index contributed by atoms with van der Waals surface area (Å²) in [6, 6.07) is 17.0. The van der Waals surface area contributed by atoms with Crippen LogP contribution >= 0.6 is 0 Å². The molecule has 4 aromatic rings. The summed E-state index contributed by atoms with van der Waals surface area (Å²) < 4.78 is 40.4. The van der Waals surface area contributed by atoms with Crippen molar-refractivity contribution in [3.63, 3.8) is 0 Å². The number of carbonyl (C=O) groups excluding carboxylic acids is 3. The minimum absolute atomic E-state index is 0.0135. The lowest BCUT2D eigenvalue weighted by atomic mass is 10.0. The van der Waals surface area contributed by atoms with Gasteiger partial charge in [0.1, 0.15) is 11.9 Å².